The average molecular weight is 1040 g/mol. The number of thioether (sulfide) groups is 1. The Morgan fingerprint density at radius 3 is 2.31 bits per heavy atom. The van der Waals surface area contributed by atoms with E-state index < -0.39 is 84.6 Å². The van der Waals surface area contributed by atoms with Crippen LogP contribution in [0.4, 0.5) is 5.82 Å². The van der Waals surface area contributed by atoms with Crippen LogP contribution in [0.2, 0.25) is 0 Å². The minimum Gasteiger partial charge on any atom is -0.790 e. The number of carbonyl (C=O) groups excluding carboxylic acids is 4. The molecule has 382 valence electrons. The predicted molar refractivity (Wildman–Crippen MR) is 238 cm³/mol. The smallest absolute Gasteiger partial charge is 0.274 e. The molecule has 0 bridgehead atoms. The van der Waals surface area contributed by atoms with E-state index in [9.17, 15) is 62.7 Å². The first-order valence-corrected chi connectivity index (χ1v) is 26.8. The Hall–Kier alpha value is -3.55. The molecule has 0 saturated carbocycles. The molecule has 7 atom stereocenters. The van der Waals surface area contributed by atoms with Crippen LogP contribution in [-0.4, -0.2) is 109 Å². The highest BCUT2D eigenvalue weighted by Crippen LogP contribution is 2.56. The molecule has 2 aromatic rings. The molecule has 2 aromatic heterocycles. The van der Waals surface area contributed by atoms with Crippen molar-refractivity contribution in [2.75, 3.05) is 37.8 Å². The van der Waals surface area contributed by atoms with Gasteiger partial charge in [0.1, 0.15) is 42.0 Å². The third-order valence-corrected chi connectivity index (χ3v) is 13.6. The number of fused-ring (bicyclic) bond motifs is 1. The van der Waals surface area contributed by atoms with Crippen molar-refractivity contribution in [3.63, 3.8) is 0 Å². The highest BCUT2D eigenvalue weighted by atomic mass is 32.2. The minimum atomic E-state index is -5.94. The quantitative estimate of drug-likeness (QED) is 0.0294. The lowest BCUT2D eigenvalue weighted by Crippen LogP contribution is -2.46. The molecule has 0 aromatic carbocycles. The molecular weight excluding hydrogens is 979 g/mol. The lowest BCUT2D eigenvalue weighted by Gasteiger charge is -2.36. The van der Waals surface area contributed by atoms with Gasteiger partial charge in [-0.1, -0.05) is 75.4 Å². The van der Waals surface area contributed by atoms with E-state index in [1.165, 1.54) is 13.8 Å². The van der Waals surface area contributed by atoms with Crippen molar-refractivity contribution in [1.29, 1.82) is 0 Å². The van der Waals surface area contributed by atoms with Gasteiger partial charge in [-0.25, -0.2) is 19.3 Å². The molecule has 2 unspecified atom stereocenters. The Kier molecular flexibility index (Phi) is 24.5. The van der Waals surface area contributed by atoms with Crippen molar-refractivity contribution in [2.24, 2.45) is 5.41 Å². The number of phosphoric ester groups is 3. The highest BCUT2D eigenvalue weighted by molar-refractivity contribution is 8.13. The Balaban J connectivity index is 1.33. The summed E-state index contributed by atoms with van der Waals surface area (Å²) in [6, 6.07) is 0. The fourth-order valence-corrected chi connectivity index (χ4v) is 9.59. The summed E-state index contributed by atoms with van der Waals surface area (Å²) in [5.41, 5.74) is 4.04. The van der Waals surface area contributed by atoms with Crippen molar-refractivity contribution >= 4 is 74.9 Å². The number of unbranched alkanes of at least 4 members (excludes halogenated alkanes) is 3. The molecule has 0 radical (unpaired) electrons. The van der Waals surface area contributed by atoms with Crippen molar-refractivity contribution < 1.29 is 85.3 Å². The number of rotatable bonds is 32. The maximum Gasteiger partial charge on any atom is 0.274 e. The van der Waals surface area contributed by atoms with E-state index in [1.54, 1.807) is 0 Å². The number of ether oxygens (including phenoxy) is 1. The second kappa shape index (κ2) is 28.3. The van der Waals surface area contributed by atoms with Gasteiger partial charge in [0.05, 0.1) is 33.8 Å². The molecule has 29 heteroatoms. The lowest BCUT2D eigenvalue weighted by molar-refractivity contribution is -0.347. The van der Waals surface area contributed by atoms with Crippen molar-refractivity contribution in [1.82, 2.24) is 30.2 Å². The number of phosphoric acid groups is 3. The summed E-state index contributed by atoms with van der Waals surface area (Å²) in [6.07, 6.45) is 11.4. The predicted octanol–water partition coefficient (Wildman–Crippen LogP) is 0.905. The average Bonchev–Trinajstić information content (AvgIpc) is 3.82. The Morgan fingerprint density at radius 1 is 0.941 bits per heavy atom. The molecule has 1 aliphatic heterocycles. The maximum absolute atomic E-state index is 12.6. The van der Waals surface area contributed by atoms with Gasteiger partial charge in [0, 0.05) is 37.1 Å². The number of imidazole rings is 1. The number of ketones is 1. The molecule has 68 heavy (non-hydrogen) atoms. The molecule has 1 saturated heterocycles. The van der Waals surface area contributed by atoms with Crippen LogP contribution in [0.25, 0.3) is 11.2 Å². The number of aromatic nitrogens is 4. The van der Waals surface area contributed by atoms with E-state index in [2.05, 4.69) is 86.8 Å². The fourth-order valence-electron chi connectivity index (χ4n) is 6.16. The number of amides is 2. The van der Waals surface area contributed by atoms with Gasteiger partial charge >= 0.3 is 0 Å². The summed E-state index contributed by atoms with van der Waals surface area (Å²) in [4.78, 5) is 109. The first kappa shape index (κ1) is 58.8. The summed E-state index contributed by atoms with van der Waals surface area (Å²) in [7, 11) is -17.7. The second-order valence-electron chi connectivity index (χ2n) is 15.8. The SMILES string of the molecule is CC/C=C\C/C=C\C/C=C\CCCCCC(=O)CC(=O)SCCNC(=O)CCNC(=O)[C@H](O)C(C)(C)COP(=O)([O-])OP(=O)([O-])OC[C@H]1O[C@@H](n2cnc3c(N)ncnc32)[C@H](O)[C@@H]1OP(=O)([O-])[O-]. The van der Waals surface area contributed by atoms with Crippen LogP contribution in [-0.2, 0) is 55.5 Å². The number of nitrogen functional groups attached to an aromatic ring is 1. The maximum atomic E-state index is 12.6. The van der Waals surface area contributed by atoms with Crippen LogP contribution in [0.15, 0.2) is 49.1 Å². The zero-order chi connectivity index (χ0) is 50.5. The van der Waals surface area contributed by atoms with E-state index in [4.69, 9.17) is 10.5 Å². The zero-order valence-corrected chi connectivity index (χ0v) is 41.2. The van der Waals surface area contributed by atoms with Gasteiger partial charge in [-0.05, 0) is 38.5 Å². The number of anilines is 1. The van der Waals surface area contributed by atoms with Gasteiger partial charge in [-0.3, -0.25) is 32.9 Å². The van der Waals surface area contributed by atoms with Crippen molar-refractivity contribution in [3.8, 4) is 0 Å². The monoisotopic (exact) mass is 1040 g/mol. The number of Topliss-reactive ketones (excluding diaryl/α,β-unsaturated/α-hetero) is 1. The molecular formula is C39H58N7O18P3S-4. The summed E-state index contributed by atoms with van der Waals surface area (Å²) in [5.74, 6) is -1.57. The molecule has 3 rings (SSSR count). The molecule has 1 aliphatic rings. The zero-order valence-electron chi connectivity index (χ0n) is 37.7. The van der Waals surface area contributed by atoms with E-state index >= 15 is 0 Å². The third kappa shape index (κ3) is 21.2. The number of nitrogens with zero attached hydrogens (tertiary/aromatic N) is 4. The molecule has 3 heterocycles. The Morgan fingerprint density at radius 2 is 1.62 bits per heavy atom. The first-order valence-electron chi connectivity index (χ1n) is 21.4. The normalized spacial score (nSPS) is 20.2. The second-order valence-corrected chi connectivity index (χ2v) is 21.0. The number of allylic oxidation sites excluding steroid dienone is 6. The van der Waals surface area contributed by atoms with Gasteiger partial charge in [0.25, 0.3) is 15.6 Å². The summed E-state index contributed by atoms with van der Waals surface area (Å²) >= 11 is 0.910. The number of aliphatic hydroxyl groups is 2. The van der Waals surface area contributed by atoms with Gasteiger partial charge in [0.2, 0.25) is 11.8 Å². The molecule has 6 N–H and O–H groups in total. The topological polar surface area (TPSA) is 392 Å². The number of carbonyl (C=O) groups is 4. The fraction of sp³-hybridized carbons (Fsp3) is 0.615. The van der Waals surface area contributed by atoms with Gasteiger partial charge in [-0.15, -0.1) is 0 Å². The number of hydrogen-bond acceptors (Lipinski definition) is 23. The van der Waals surface area contributed by atoms with Crippen LogP contribution in [0.1, 0.15) is 91.2 Å². The first-order chi connectivity index (χ1) is 31.9. The Bertz CT molecular complexity index is 2220. The number of aliphatic hydroxyl groups excluding tert-OH is 2. The minimum absolute atomic E-state index is 0.0278. The van der Waals surface area contributed by atoms with Crippen LogP contribution in [0, 0.1) is 5.41 Å². The van der Waals surface area contributed by atoms with E-state index in [0.29, 0.717) is 12.8 Å². The molecule has 25 nitrogen and oxygen atoms in total. The van der Waals surface area contributed by atoms with Gasteiger partial charge in [-0.2, -0.15) is 0 Å². The van der Waals surface area contributed by atoms with E-state index in [1.807, 2.05) is 0 Å². The van der Waals surface area contributed by atoms with Crippen LogP contribution < -0.4 is 35.9 Å². The van der Waals surface area contributed by atoms with Crippen LogP contribution >= 0.6 is 35.2 Å². The largest absolute Gasteiger partial charge is 0.790 e. The van der Waals surface area contributed by atoms with Gasteiger partial charge < -0.3 is 69.0 Å². The summed E-state index contributed by atoms with van der Waals surface area (Å²) in [6.45, 7) is 2.00. The van der Waals surface area contributed by atoms with Crippen molar-refractivity contribution in [2.45, 2.75) is 116 Å². The van der Waals surface area contributed by atoms with E-state index in [0.717, 1.165) is 67.5 Å². The number of nitrogens with two attached hydrogens (primary N) is 1. The lowest BCUT2D eigenvalue weighted by atomic mass is 9.87. The molecule has 0 aliphatic carbocycles. The standard InChI is InChI=1S/C39H62N7O18P3S/c1-4-5-6-7-8-9-10-11-12-13-14-15-16-17-27(47)22-30(49)68-21-20-41-29(48)18-19-42-37(52)34(51)39(2,3)24-61-67(58,59)64-66(56,57)60-23-28-33(63-65(53,54)55)32(50)38(62-28)46-26-45-31-35(40)43-25-44-36(31)46/h5-6,8-9,11-12,25-26,28,32-34,38,50-51H,4,7,10,13-24H2,1-3H3,(H,41,48)(H,42,52)(H,56,57)(H,58,59)(H2,40,43,44)(H2,53,54,55)/p-4/b6-5-,9-8-,12-11-/t28-,32-,33-,34+,38-/m1/s1. The van der Waals surface area contributed by atoms with Crippen LogP contribution in [0.5, 0.6) is 0 Å². The summed E-state index contributed by atoms with van der Waals surface area (Å²) in [5, 5.41) is 26.0. The molecule has 2 amide bonds. The number of nitrogens with one attached hydrogen (secondary N) is 2. The molecule has 0 spiro atoms. The van der Waals surface area contributed by atoms with Gasteiger partial charge in [0.15, 0.2) is 22.8 Å². The number of hydrogen-bond donors (Lipinski definition) is 5. The third-order valence-electron chi connectivity index (χ3n) is 9.69. The van der Waals surface area contributed by atoms with E-state index in [-0.39, 0.29) is 59.6 Å². The summed E-state index contributed by atoms with van der Waals surface area (Å²) < 4.78 is 60.7. The van der Waals surface area contributed by atoms with Crippen molar-refractivity contribution in [3.05, 3.63) is 49.1 Å². The molecule has 1 fully saturated rings. The Labute approximate surface area is 397 Å². The highest BCUT2D eigenvalue weighted by Gasteiger charge is 2.47. The van der Waals surface area contributed by atoms with Crippen LogP contribution in [0.3, 0.4) is 0 Å².